The van der Waals surface area contributed by atoms with Crippen molar-refractivity contribution in [2.45, 2.75) is 30.8 Å². The predicted molar refractivity (Wildman–Crippen MR) is 158 cm³/mol. The highest BCUT2D eigenvalue weighted by Gasteiger charge is 2.47. The van der Waals surface area contributed by atoms with Gasteiger partial charge in [0.15, 0.2) is 5.75 Å². The third-order valence-electron chi connectivity index (χ3n) is 7.41. The van der Waals surface area contributed by atoms with Crippen LogP contribution in [0.1, 0.15) is 47.0 Å². The van der Waals surface area contributed by atoms with Crippen molar-refractivity contribution in [1.82, 2.24) is 14.9 Å². The van der Waals surface area contributed by atoms with Crippen molar-refractivity contribution in [3.05, 3.63) is 81.4 Å². The zero-order valence-corrected chi connectivity index (χ0v) is 25.0. The molecule has 0 saturated carbocycles. The summed E-state index contributed by atoms with van der Waals surface area (Å²) in [6.45, 7) is 0.591. The lowest BCUT2D eigenvalue weighted by molar-refractivity contribution is -0.0170. The summed E-state index contributed by atoms with van der Waals surface area (Å²) >= 11 is 3.59. The van der Waals surface area contributed by atoms with Crippen LogP contribution in [0.25, 0.3) is 17.0 Å². The van der Waals surface area contributed by atoms with Crippen LogP contribution in [0.4, 0.5) is 0 Å². The number of halogens is 1. The van der Waals surface area contributed by atoms with Crippen molar-refractivity contribution in [2.24, 2.45) is 0 Å². The fourth-order valence-corrected chi connectivity index (χ4v) is 5.82. The second kappa shape index (κ2) is 11.6. The van der Waals surface area contributed by atoms with E-state index in [1.165, 1.54) is 0 Å². The number of furan rings is 1. The molecule has 210 valence electrons. The van der Waals surface area contributed by atoms with Crippen molar-refractivity contribution >= 4 is 32.9 Å². The minimum atomic E-state index is -1.52. The van der Waals surface area contributed by atoms with Gasteiger partial charge in [0.25, 0.3) is 5.88 Å². The van der Waals surface area contributed by atoms with Crippen LogP contribution in [0.2, 0.25) is 0 Å². The molecule has 8 nitrogen and oxygen atoms in total. The van der Waals surface area contributed by atoms with Gasteiger partial charge in [0.1, 0.15) is 17.1 Å². The smallest absolute Gasteiger partial charge is 0.257 e. The first-order valence-electron chi connectivity index (χ1n) is 13.2. The number of nitrogens with zero attached hydrogens (tertiary/aromatic N) is 3. The Kier molecular flexibility index (Phi) is 8.16. The molecular formula is C31H34BrN3O5. The number of hydrogen-bond acceptors (Lipinski definition) is 8. The molecule has 40 heavy (non-hydrogen) atoms. The fraction of sp³-hybridized carbons (Fsp3) is 0.355. The van der Waals surface area contributed by atoms with Crippen LogP contribution in [0.3, 0.4) is 0 Å². The molecule has 2 unspecified atom stereocenters. The first-order valence-corrected chi connectivity index (χ1v) is 14.0. The van der Waals surface area contributed by atoms with E-state index in [0.29, 0.717) is 47.4 Å². The molecule has 1 N–H and O–H groups in total. The molecular weight excluding hydrogens is 574 g/mol. The van der Waals surface area contributed by atoms with Crippen LogP contribution in [0.15, 0.2) is 57.6 Å². The Bertz CT molecular complexity index is 1550. The minimum Gasteiger partial charge on any atom is -0.491 e. The fourth-order valence-electron chi connectivity index (χ4n) is 5.44. The Morgan fingerprint density at radius 1 is 1.05 bits per heavy atom. The van der Waals surface area contributed by atoms with Crippen LogP contribution in [0, 0.1) is 0 Å². The Morgan fingerprint density at radius 3 is 2.55 bits per heavy atom. The number of hydrogen-bond donors (Lipinski definition) is 1. The van der Waals surface area contributed by atoms with E-state index in [-0.39, 0.29) is 0 Å². The van der Waals surface area contributed by atoms with Crippen molar-refractivity contribution in [3.63, 3.8) is 0 Å². The van der Waals surface area contributed by atoms with E-state index in [1.54, 1.807) is 27.5 Å². The highest BCUT2D eigenvalue weighted by atomic mass is 79.9. The van der Waals surface area contributed by atoms with Crippen LogP contribution in [0.5, 0.6) is 17.5 Å². The molecule has 1 aliphatic carbocycles. The number of aryl methyl sites for hydroxylation is 1. The lowest BCUT2D eigenvalue weighted by Gasteiger charge is -2.37. The summed E-state index contributed by atoms with van der Waals surface area (Å²) in [6, 6.07) is 11.7. The van der Waals surface area contributed by atoms with Gasteiger partial charge < -0.3 is 28.6 Å². The SMILES string of the molecule is COc1nc2ccc(Br)cc2cc1C(c1ccnc(OC)c1OC)C(O)(CCN(C)C)c1cc2c(o1)CCC=C2. The van der Waals surface area contributed by atoms with Crippen molar-refractivity contribution in [3.8, 4) is 17.5 Å². The molecule has 0 radical (unpaired) electrons. The maximum absolute atomic E-state index is 13.0. The van der Waals surface area contributed by atoms with E-state index < -0.39 is 11.5 Å². The minimum absolute atomic E-state index is 0.317. The molecule has 0 amide bonds. The molecule has 1 aliphatic rings. The summed E-state index contributed by atoms with van der Waals surface area (Å²) in [5.74, 6) is 1.76. The van der Waals surface area contributed by atoms with Crippen LogP contribution < -0.4 is 14.2 Å². The first kappa shape index (κ1) is 28.1. The van der Waals surface area contributed by atoms with Crippen LogP contribution >= 0.6 is 15.9 Å². The monoisotopic (exact) mass is 607 g/mol. The summed E-state index contributed by atoms with van der Waals surface area (Å²) < 4.78 is 24.7. The number of pyridine rings is 2. The van der Waals surface area contributed by atoms with E-state index in [9.17, 15) is 5.11 Å². The second-order valence-corrected chi connectivity index (χ2v) is 11.1. The molecule has 2 atom stereocenters. The molecule has 0 fully saturated rings. The molecule has 0 saturated heterocycles. The molecule has 9 heteroatoms. The van der Waals surface area contributed by atoms with Crippen molar-refractivity contribution in [2.75, 3.05) is 42.0 Å². The number of ether oxygens (including phenoxy) is 3. The lowest BCUT2D eigenvalue weighted by atomic mass is 9.73. The molecule has 4 aromatic rings. The molecule has 3 aromatic heterocycles. The highest BCUT2D eigenvalue weighted by molar-refractivity contribution is 9.10. The standard InChI is InChI=1S/C31H34BrN3O5/c1-35(2)15-13-31(36,26-18-19-8-6-7-9-25(19)40-26)27(22-12-14-33-30(39-5)28(22)37-3)23-17-20-16-21(32)10-11-24(20)34-29(23)38-4/h6,8,10-12,14,16-18,27,36H,7,9,13,15H2,1-5H3. The van der Waals surface area contributed by atoms with E-state index >= 15 is 0 Å². The summed E-state index contributed by atoms with van der Waals surface area (Å²) in [4.78, 5) is 11.3. The summed E-state index contributed by atoms with van der Waals surface area (Å²) in [5, 5.41) is 13.9. The highest BCUT2D eigenvalue weighted by Crippen LogP contribution is 2.51. The predicted octanol–water partition coefficient (Wildman–Crippen LogP) is 5.94. The number of fused-ring (bicyclic) bond motifs is 2. The molecule has 0 bridgehead atoms. The molecule has 3 heterocycles. The second-order valence-electron chi connectivity index (χ2n) is 10.2. The lowest BCUT2D eigenvalue weighted by Crippen LogP contribution is -2.37. The summed E-state index contributed by atoms with van der Waals surface area (Å²) in [6.07, 6.45) is 7.87. The summed E-state index contributed by atoms with van der Waals surface area (Å²) in [7, 11) is 8.67. The van der Waals surface area contributed by atoms with Crippen LogP contribution in [-0.2, 0) is 12.0 Å². The van der Waals surface area contributed by atoms with Gasteiger partial charge in [-0.05, 0) is 63.3 Å². The van der Waals surface area contributed by atoms with Gasteiger partial charge in [-0.3, -0.25) is 0 Å². The van der Waals surface area contributed by atoms with E-state index in [1.807, 2.05) is 55.4 Å². The van der Waals surface area contributed by atoms with Crippen molar-refractivity contribution < 1.29 is 23.7 Å². The number of benzene rings is 1. The molecule has 1 aromatic carbocycles. The molecule has 5 rings (SSSR count). The normalized spacial score (nSPS) is 15.1. The quantitative estimate of drug-likeness (QED) is 0.237. The number of allylic oxidation sites excluding steroid dienone is 1. The van der Waals surface area contributed by atoms with Gasteiger partial charge in [-0.1, -0.05) is 28.1 Å². The first-order chi connectivity index (χ1) is 19.3. The van der Waals surface area contributed by atoms with Gasteiger partial charge in [-0.15, -0.1) is 0 Å². The Hall–Kier alpha value is -3.40. The van der Waals surface area contributed by atoms with Gasteiger partial charge in [0.2, 0.25) is 5.88 Å². The van der Waals surface area contributed by atoms with E-state index in [4.69, 9.17) is 23.6 Å². The number of rotatable bonds is 10. The van der Waals surface area contributed by atoms with Gasteiger partial charge in [-0.25, -0.2) is 9.97 Å². The van der Waals surface area contributed by atoms with Gasteiger partial charge in [-0.2, -0.15) is 0 Å². The molecule has 0 aliphatic heterocycles. The maximum atomic E-state index is 13.0. The third kappa shape index (κ3) is 5.21. The Balaban J connectivity index is 1.84. The van der Waals surface area contributed by atoms with E-state index in [0.717, 1.165) is 39.5 Å². The Labute approximate surface area is 242 Å². The zero-order chi connectivity index (χ0) is 28.4. The van der Waals surface area contributed by atoms with Crippen LogP contribution in [-0.4, -0.2) is 61.9 Å². The number of aromatic nitrogens is 2. The summed E-state index contributed by atoms with van der Waals surface area (Å²) in [5.41, 5.74) is 1.59. The zero-order valence-electron chi connectivity index (χ0n) is 23.4. The largest absolute Gasteiger partial charge is 0.491 e. The van der Waals surface area contributed by atoms with E-state index in [2.05, 4.69) is 33.1 Å². The van der Waals surface area contributed by atoms with Crippen molar-refractivity contribution in [1.29, 1.82) is 0 Å². The van der Waals surface area contributed by atoms with Gasteiger partial charge in [0.05, 0.1) is 32.8 Å². The third-order valence-corrected chi connectivity index (χ3v) is 7.90. The Morgan fingerprint density at radius 2 is 1.85 bits per heavy atom. The molecule has 0 spiro atoms. The number of aliphatic hydroxyl groups is 1. The maximum Gasteiger partial charge on any atom is 0.257 e. The van der Waals surface area contributed by atoms with Gasteiger partial charge >= 0.3 is 0 Å². The average molecular weight is 609 g/mol. The number of methoxy groups -OCH3 is 3. The average Bonchev–Trinajstić information content (AvgIpc) is 3.41. The van der Waals surface area contributed by atoms with Gasteiger partial charge in [0, 0.05) is 45.7 Å². The topological polar surface area (TPSA) is 90.1 Å².